The van der Waals surface area contributed by atoms with Gasteiger partial charge in [-0.15, -0.1) is 0 Å². The fourth-order valence-corrected chi connectivity index (χ4v) is 1.89. The van der Waals surface area contributed by atoms with E-state index in [1.807, 2.05) is 0 Å². The van der Waals surface area contributed by atoms with Crippen LogP contribution in [0.5, 0.6) is 0 Å². The second-order valence-electron chi connectivity index (χ2n) is 5.15. The SMILES string of the molecule is CCCCB1O[C@H](C(=O)N(C)C)[C@H](C(=O)N(C)C)O1. The Morgan fingerprint density at radius 3 is 1.74 bits per heavy atom. The molecule has 0 saturated carbocycles. The summed E-state index contributed by atoms with van der Waals surface area (Å²) in [5.74, 6) is -0.474. The molecule has 1 saturated heterocycles. The molecule has 0 N–H and O–H groups in total. The Kier molecular flexibility index (Phi) is 5.81. The number of hydrogen-bond acceptors (Lipinski definition) is 4. The summed E-state index contributed by atoms with van der Waals surface area (Å²) in [6.07, 6.45) is 0.974. The van der Waals surface area contributed by atoms with E-state index in [4.69, 9.17) is 9.31 Å². The summed E-state index contributed by atoms with van der Waals surface area (Å²) in [4.78, 5) is 26.9. The van der Waals surface area contributed by atoms with Crippen LogP contribution in [0.4, 0.5) is 0 Å². The van der Waals surface area contributed by atoms with Crippen LogP contribution < -0.4 is 0 Å². The molecule has 0 spiro atoms. The van der Waals surface area contributed by atoms with Gasteiger partial charge in [-0.05, 0) is 6.32 Å². The third-order valence-corrected chi connectivity index (χ3v) is 3.03. The normalized spacial score (nSPS) is 22.5. The van der Waals surface area contributed by atoms with Crippen LogP contribution in [0.2, 0.25) is 6.32 Å². The second-order valence-corrected chi connectivity index (χ2v) is 5.15. The van der Waals surface area contributed by atoms with E-state index in [1.165, 1.54) is 9.80 Å². The first-order valence-electron chi connectivity index (χ1n) is 6.61. The monoisotopic (exact) mass is 270 g/mol. The lowest BCUT2D eigenvalue weighted by Gasteiger charge is -2.22. The Hall–Kier alpha value is -1.08. The number of likely N-dealkylation sites (N-methyl/N-ethyl adjacent to an activating group) is 2. The van der Waals surface area contributed by atoms with Crippen LogP contribution in [0.1, 0.15) is 19.8 Å². The molecule has 1 rings (SSSR count). The van der Waals surface area contributed by atoms with Crippen molar-refractivity contribution in [3.05, 3.63) is 0 Å². The van der Waals surface area contributed by atoms with Crippen LogP contribution in [-0.4, -0.2) is 69.1 Å². The smallest absolute Gasteiger partial charge is 0.397 e. The van der Waals surface area contributed by atoms with Crippen molar-refractivity contribution in [2.75, 3.05) is 28.2 Å². The molecule has 0 aromatic heterocycles. The summed E-state index contributed by atoms with van der Waals surface area (Å²) in [6.45, 7) is 2.07. The average Bonchev–Trinajstić information content (AvgIpc) is 2.77. The molecule has 0 aromatic rings. The van der Waals surface area contributed by atoms with Crippen molar-refractivity contribution in [2.24, 2.45) is 0 Å². The highest BCUT2D eigenvalue weighted by molar-refractivity contribution is 6.46. The molecule has 2 atom stereocenters. The van der Waals surface area contributed by atoms with E-state index in [1.54, 1.807) is 28.2 Å². The van der Waals surface area contributed by atoms with Gasteiger partial charge in [0.15, 0.2) is 12.2 Å². The van der Waals surface area contributed by atoms with Crippen LogP contribution in [0.3, 0.4) is 0 Å². The zero-order valence-electron chi connectivity index (χ0n) is 12.4. The van der Waals surface area contributed by atoms with Crippen molar-refractivity contribution in [3.63, 3.8) is 0 Å². The predicted molar refractivity (Wildman–Crippen MR) is 72.6 cm³/mol. The number of hydrogen-bond donors (Lipinski definition) is 0. The van der Waals surface area contributed by atoms with Crippen LogP contribution in [-0.2, 0) is 18.9 Å². The molecular formula is C12H23BN2O4. The van der Waals surface area contributed by atoms with Gasteiger partial charge >= 0.3 is 7.12 Å². The Morgan fingerprint density at radius 1 is 1.00 bits per heavy atom. The number of carbonyl (C=O) groups excluding carboxylic acids is 2. The van der Waals surface area contributed by atoms with E-state index in [0.717, 1.165) is 12.8 Å². The van der Waals surface area contributed by atoms with Gasteiger partial charge in [0.05, 0.1) is 0 Å². The van der Waals surface area contributed by atoms with Crippen molar-refractivity contribution in [2.45, 2.75) is 38.3 Å². The molecule has 0 radical (unpaired) electrons. The first-order valence-corrected chi connectivity index (χ1v) is 6.61. The molecule has 0 bridgehead atoms. The van der Waals surface area contributed by atoms with Crippen LogP contribution in [0.25, 0.3) is 0 Å². The number of carbonyl (C=O) groups is 2. The number of unbranched alkanes of at least 4 members (excludes halogenated alkanes) is 1. The predicted octanol–water partition coefficient (Wildman–Crippen LogP) is 0.235. The van der Waals surface area contributed by atoms with Crippen LogP contribution in [0.15, 0.2) is 0 Å². The molecule has 1 fully saturated rings. The van der Waals surface area contributed by atoms with Crippen LogP contribution in [0, 0.1) is 0 Å². The topological polar surface area (TPSA) is 59.1 Å². The molecule has 19 heavy (non-hydrogen) atoms. The maximum absolute atomic E-state index is 12.1. The molecule has 1 aliphatic rings. The number of amides is 2. The van der Waals surface area contributed by atoms with Gasteiger partial charge in [0, 0.05) is 28.2 Å². The lowest BCUT2D eigenvalue weighted by atomic mass is 9.83. The van der Waals surface area contributed by atoms with Gasteiger partial charge in [-0.1, -0.05) is 19.8 Å². The van der Waals surface area contributed by atoms with Gasteiger partial charge in [0.1, 0.15) is 0 Å². The Labute approximate surface area is 115 Å². The first-order chi connectivity index (χ1) is 8.88. The van der Waals surface area contributed by atoms with Crippen molar-refractivity contribution in [1.29, 1.82) is 0 Å². The molecule has 108 valence electrons. The Balaban J connectivity index is 2.78. The fourth-order valence-electron chi connectivity index (χ4n) is 1.89. The summed E-state index contributed by atoms with van der Waals surface area (Å²) in [7, 11) is 6.09. The maximum Gasteiger partial charge on any atom is 0.458 e. The molecule has 1 heterocycles. The quantitative estimate of drug-likeness (QED) is 0.671. The highest BCUT2D eigenvalue weighted by Crippen LogP contribution is 2.23. The zero-order valence-corrected chi connectivity index (χ0v) is 12.4. The minimum absolute atomic E-state index is 0.237. The Bertz CT molecular complexity index is 308. The lowest BCUT2D eigenvalue weighted by molar-refractivity contribution is -0.146. The van der Waals surface area contributed by atoms with E-state index in [-0.39, 0.29) is 11.8 Å². The van der Waals surface area contributed by atoms with Crippen LogP contribution >= 0.6 is 0 Å². The average molecular weight is 270 g/mol. The first kappa shape index (κ1) is 16.0. The maximum atomic E-state index is 12.1. The van der Waals surface area contributed by atoms with Gasteiger partial charge in [-0.2, -0.15) is 0 Å². The van der Waals surface area contributed by atoms with Gasteiger partial charge in [-0.25, -0.2) is 0 Å². The molecular weight excluding hydrogens is 247 g/mol. The lowest BCUT2D eigenvalue weighted by Crippen LogP contribution is -2.47. The molecule has 7 heteroatoms. The third-order valence-electron chi connectivity index (χ3n) is 3.03. The van der Waals surface area contributed by atoms with Crippen molar-refractivity contribution < 1.29 is 18.9 Å². The minimum Gasteiger partial charge on any atom is -0.397 e. The summed E-state index contributed by atoms with van der Waals surface area (Å²) >= 11 is 0. The fraction of sp³-hybridized carbons (Fsp3) is 0.833. The van der Waals surface area contributed by atoms with Gasteiger partial charge in [0.25, 0.3) is 11.8 Å². The summed E-state index contributed by atoms with van der Waals surface area (Å²) in [5, 5.41) is 0. The van der Waals surface area contributed by atoms with E-state index >= 15 is 0 Å². The van der Waals surface area contributed by atoms with E-state index < -0.39 is 19.3 Å². The summed E-state index contributed by atoms with van der Waals surface area (Å²) in [5.41, 5.74) is 0. The van der Waals surface area contributed by atoms with E-state index in [9.17, 15) is 9.59 Å². The summed E-state index contributed by atoms with van der Waals surface area (Å²) < 4.78 is 11.2. The van der Waals surface area contributed by atoms with Crippen molar-refractivity contribution >= 4 is 18.9 Å². The minimum atomic E-state index is -0.841. The van der Waals surface area contributed by atoms with Gasteiger partial charge in [-0.3, -0.25) is 9.59 Å². The molecule has 1 aliphatic heterocycles. The number of nitrogens with zero attached hydrogens (tertiary/aromatic N) is 2. The standard InChI is InChI=1S/C12H23BN2O4/c1-6-7-8-13-18-9(11(16)14(2)3)10(19-13)12(17)15(4)5/h9-10H,6-8H2,1-5H3/t9-,10+. The molecule has 0 aliphatic carbocycles. The van der Waals surface area contributed by atoms with Crippen molar-refractivity contribution in [3.8, 4) is 0 Å². The van der Waals surface area contributed by atoms with Gasteiger partial charge < -0.3 is 19.1 Å². The number of rotatable bonds is 5. The molecule has 2 amide bonds. The van der Waals surface area contributed by atoms with E-state index in [2.05, 4.69) is 6.92 Å². The zero-order chi connectivity index (χ0) is 14.6. The highest BCUT2D eigenvalue weighted by Gasteiger charge is 2.47. The second kappa shape index (κ2) is 6.91. The molecule has 6 nitrogen and oxygen atoms in total. The third kappa shape index (κ3) is 3.94. The van der Waals surface area contributed by atoms with Gasteiger partial charge in [0.2, 0.25) is 0 Å². The Morgan fingerprint density at radius 2 is 1.42 bits per heavy atom. The molecule has 0 aromatic carbocycles. The highest BCUT2D eigenvalue weighted by atomic mass is 16.7. The van der Waals surface area contributed by atoms with E-state index in [0.29, 0.717) is 6.32 Å². The summed E-state index contributed by atoms with van der Waals surface area (Å²) in [6, 6.07) is 0. The van der Waals surface area contributed by atoms with Crippen molar-refractivity contribution in [1.82, 2.24) is 9.80 Å². The largest absolute Gasteiger partial charge is 0.458 e. The molecule has 0 unspecified atom stereocenters.